The summed E-state index contributed by atoms with van der Waals surface area (Å²) in [4.78, 5) is 25.3. The summed E-state index contributed by atoms with van der Waals surface area (Å²) in [6.07, 6.45) is 2.05. The van der Waals surface area contributed by atoms with Gasteiger partial charge in [-0.3, -0.25) is 14.5 Å². The number of carboxylic acid groups (broad SMARTS) is 1. The lowest BCUT2D eigenvalue weighted by Crippen LogP contribution is -2.40. The first kappa shape index (κ1) is 14.1. The van der Waals surface area contributed by atoms with Gasteiger partial charge in [0.05, 0.1) is 0 Å². The molecule has 0 unspecified atom stereocenters. The molecule has 5 heteroatoms. The number of benzene rings is 1. The predicted molar refractivity (Wildman–Crippen MR) is 77.9 cm³/mol. The Hall–Kier alpha value is -1.88. The maximum Gasteiger partial charge on any atom is 0.320 e. The fourth-order valence-corrected chi connectivity index (χ4v) is 3.46. The van der Waals surface area contributed by atoms with E-state index in [1.807, 2.05) is 12.1 Å². The summed E-state index contributed by atoms with van der Waals surface area (Å²) in [5.41, 5.74) is 2.51. The van der Waals surface area contributed by atoms with Gasteiger partial charge >= 0.3 is 5.97 Å². The van der Waals surface area contributed by atoms with Crippen LogP contribution in [0.15, 0.2) is 24.3 Å². The molecule has 112 valence electrons. The van der Waals surface area contributed by atoms with Gasteiger partial charge in [-0.2, -0.15) is 0 Å². The van der Waals surface area contributed by atoms with E-state index in [0.717, 1.165) is 12.8 Å². The number of likely N-dealkylation sites (N-methyl/N-ethyl adjacent to an activating group) is 1. The second kappa shape index (κ2) is 5.48. The number of carboxylic acids is 1. The Morgan fingerprint density at radius 1 is 1.24 bits per heavy atom. The van der Waals surface area contributed by atoms with Gasteiger partial charge in [0.1, 0.15) is 6.04 Å². The molecule has 0 saturated carbocycles. The highest BCUT2D eigenvalue weighted by Crippen LogP contribution is 2.27. The van der Waals surface area contributed by atoms with Crippen molar-refractivity contribution in [3.8, 4) is 0 Å². The number of rotatable bonds is 3. The van der Waals surface area contributed by atoms with Gasteiger partial charge < -0.3 is 10.4 Å². The Bertz CT molecular complexity index is 547. The molecule has 0 spiro atoms. The van der Waals surface area contributed by atoms with Gasteiger partial charge in [0, 0.05) is 18.5 Å². The summed E-state index contributed by atoms with van der Waals surface area (Å²) < 4.78 is 0. The average molecular weight is 288 g/mol. The Balaban J connectivity index is 1.58. The summed E-state index contributed by atoms with van der Waals surface area (Å²) in [6.45, 7) is 0.600. The molecular weight excluding hydrogens is 268 g/mol. The summed E-state index contributed by atoms with van der Waals surface area (Å²) in [5, 5.41) is 12.1. The Morgan fingerprint density at radius 2 is 1.86 bits per heavy atom. The number of fused-ring (bicyclic) bond motifs is 1. The van der Waals surface area contributed by atoms with Crippen LogP contribution >= 0.6 is 0 Å². The molecule has 2 N–H and O–H groups in total. The maximum atomic E-state index is 12.4. The minimum absolute atomic E-state index is 0.0171. The molecule has 1 aromatic rings. The highest BCUT2D eigenvalue weighted by atomic mass is 16.4. The number of hydrogen-bond donors (Lipinski definition) is 2. The average Bonchev–Trinajstić information content (AvgIpc) is 3.02. The van der Waals surface area contributed by atoms with Crippen LogP contribution in [0.1, 0.15) is 17.5 Å². The van der Waals surface area contributed by atoms with Gasteiger partial charge in [-0.1, -0.05) is 24.3 Å². The van der Waals surface area contributed by atoms with Crippen LogP contribution < -0.4 is 5.32 Å². The lowest BCUT2D eigenvalue weighted by atomic mass is 10.0. The van der Waals surface area contributed by atoms with Gasteiger partial charge in [-0.25, -0.2) is 0 Å². The molecule has 1 aromatic carbocycles. The standard InChI is InChI=1S/C16H20N2O3/c1-18-9-13(8-14(18)16(20)21)17-15(19)12-6-10-4-2-3-5-11(10)7-12/h2-5,12-14H,6-9H2,1H3,(H,17,19)(H,20,21)/t13-,14-/m0/s1. The van der Waals surface area contributed by atoms with Gasteiger partial charge in [-0.05, 0) is 37.4 Å². The van der Waals surface area contributed by atoms with Gasteiger partial charge in [0.2, 0.25) is 5.91 Å². The first-order valence-electron chi connectivity index (χ1n) is 7.35. The molecular formula is C16H20N2O3. The lowest BCUT2D eigenvalue weighted by Gasteiger charge is -2.16. The summed E-state index contributed by atoms with van der Waals surface area (Å²) >= 11 is 0. The number of nitrogens with one attached hydrogen (secondary N) is 1. The highest BCUT2D eigenvalue weighted by molar-refractivity contribution is 5.81. The van der Waals surface area contributed by atoms with Crippen molar-refractivity contribution in [2.45, 2.75) is 31.3 Å². The molecule has 5 nitrogen and oxygen atoms in total. The fraction of sp³-hybridized carbons (Fsp3) is 0.500. The van der Waals surface area contributed by atoms with Crippen LogP contribution in [-0.4, -0.2) is 47.6 Å². The van der Waals surface area contributed by atoms with Crippen LogP contribution in [0.3, 0.4) is 0 Å². The van der Waals surface area contributed by atoms with E-state index < -0.39 is 12.0 Å². The monoisotopic (exact) mass is 288 g/mol. The molecule has 1 fully saturated rings. The molecule has 2 aliphatic rings. The number of nitrogens with zero attached hydrogens (tertiary/aromatic N) is 1. The molecule has 3 rings (SSSR count). The number of hydrogen-bond acceptors (Lipinski definition) is 3. The zero-order valence-corrected chi connectivity index (χ0v) is 12.1. The smallest absolute Gasteiger partial charge is 0.320 e. The molecule has 1 saturated heterocycles. The summed E-state index contributed by atoms with van der Waals surface area (Å²) in [5.74, 6) is -0.783. The fourth-order valence-electron chi connectivity index (χ4n) is 3.46. The third kappa shape index (κ3) is 2.78. The number of likely N-dealkylation sites (tertiary alicyclic amines) is 1. The van der Waals surface area contributed by atoms with Crippen molar-refractivity contribution in [3.05, 3.63) is 35.4 Å². The molecule has 0 aromatic heterocycles. The minimum atomic E-state index is -0.817. The van der Waals surface area contributed by atoms with Crippen LogP contribution in [0.25, 0.3) is 0 Å². The van der Waals surface area contributed by atoms with Gasteiger partial charge in [-0.15, -0.1) is 0 Å². The Labute approximate surface area is 123 Å². The molecule has 1 amide bonds. The third-order valence-corrected chi connectivity index (χ3v) is 4.60. The second-order valence-corrected chi connectivity index (χ2v) is 6.11. The maximum absolute atomic E-state index is 12.4. The molecule has 2 atom stereocenters. The number of carbonyl (C=O) groups is 2. The van der Waals surface area contributed by atoms with Crippen molar-refractivity contribution in [1.82, 2.24) is 10.2 Å². The van der Waals surface area contributed by atoms with Crippen molar-refractivity contribution in [1.29, 1.82) is 0 Å². The highest BCUT2D eigenvalue weighted by Gasteiger charge is 2.36. The Kier molecular flexibility index (Phi) is 3.68. The quantitative estimate of drug-likeness (QED) is 0.858. The number of aliphatic carboxylic acids is 1. The van der Waals surface area contributed by atoms with Crippen LogP contribution in [0.2, 0.25) is 0 Å². The van der Waals surface area contributed by atoms with E-state index >= 15 is 0 Å². The molecule has 1 heterocycles. The second-order valence-electron chi connectivity index (χ2n) is 6.11. The minimum Gasteiger partial charge on any atom is -0.480 e. The number of amides is 1. The Morgan fingerprint density at radius 3 is 2.38 bits per heavy atom. The van der Waals surface area contributed by atoms with Gasteiger partial charge in [0.15, 0.2) is 0 Å². The normalized spacial score (nSPS) is 25.8. The van der Waals surface area contributed by atoms with Crippen molar-refractivity contribution in [2.24, 2.45) is 5.92 Å². The van der Waals surface area contributed by atoms with E-state index in [9.17, 15) is 9.59 Å². The van der Waals surface area contributed by atoms with E-state index in [1.54, 1.807) is 11.9 Å². The lowest BCUT2D eigenvalue weighted by molar-refractivity contribution is -0.141. The molecule has 21 heavy (non-hydrogen) atoms. The SMILES string of the molecule is CN1C[C@@H](NC(=O)C2Cc3ccccc3C2)C[C@H]1C(=O)O. The zero-order chi connectivity index (χ0) is 15.0. The van der Waals surface area contributed by atoms with Crippen molar-refractivity contribution >= 4 is 11.9 Å². The largest absolute Gasteiger partial charge is 0.480 e. The third-order valence-electron chi connectivity index (χ3n) is 4.60. The van der Waals surface area contributed by atoms with E-state index in [1.165, 1.54) is 11.1 Å². The number of carbonyl (C=O) groups excluding carboxylic acids is 1. The van der Waals surface area contributed by atoms with E-state index in [4.69, 9.17) is 5.11 Å². The van der Waals surface area contributed by atoms with Crippen molar-refractivity contribution < 1.29 is 14.7 Å². The van der Waals surface area contributed by atoms with E-state index in [0.29, 0.717) is 13.0 Å². The van der Waals surface area contributed by atoms with Crippen molar-refractivity contribution in [3.63, 3.8) is 0 Å². The van der Waals surface area contributed by atoms with Crippen LogP contribution in [0.4, 0.5) is 0 Å². The molecule has 1 aliphatic carbocycles. The zero-order valence-electron chi connectivity index (χ0n) is 12.1. The molecule has 1 aliphatic heterocycles. The molecule has 0 bridgehead atoms. The van der Waals surface area contributed by atoms with Crippen LogP contribution in [-0.2, 0) is 22.4 Å². The summed E-state index contributed by atoms with van der Waals surface area (Å²) in [7, 11) is 1.79. The van der Waals surface area contributed by atoms with Crippen LogP contribution in [0.5, 0.6) is 0 Å². The molecule has 0 radical (unpaired) electrons. The topological polar surface area (TPSA) is 69.6 Å². The van der Waals surface area contributed by atoms with Crippen molar-refractivity contribution in [2.75, 3.05) is 13.6 Å². The van der Waals surface area contributed by atoms with E-state index in [2.05, 4.69) is 17.4 Å². The first-order chi connectivity index (χ1) is 10.0. The summed E-state index contributed by atoms with van der Waals surface area (Å²) in [6, 6.07) is 7.60. The van der Waals surface area contributed by atoms with E-state index in [-0.39, 0.29) is 17.9 Å². The van der Waals surface area contributed by atoms with Crippen LogP contribution in [0, 0.1) is 5.92 Å². The van der Waals surface area contributed by atoms with Gasteiger partial charge in [0.25, 0.3) is 0 Å². The predicted octanol–water partition coefficient (Wildman–Crippen LogP) is 0.675. The first-order valence-corrected chi connectivity index (χ1v) is 7.35.